The Labute approximate surface area is 133 Å². The quantitative estimate of drug-likeness (QED) is 0.679. The number of methoxy groups -OCH3 is 1. The van der Waals surface area contributed by atoms with Crippen LogP contribution in [0.1, 0.15) is 24.3 Å². The zero-order valence-corrected chi connectivity index (χ0v) is 12.7. The molecule has 0 saturated carbocycles. The van der Waals surface area contributed by atoms with E-state index in [2.05, 4.69) is 5.32 Å². The Balaban J connectivity index is 2.19. The lowest BCUT2D eigenvalue weighted by molar-refractivity contribution is -0.117. The molecule has 0 aliphatic carbocycles. The fourth-order valence-electron chi connectivity index (χ4n) is 2.06. The maximum absolute atomic E-state index is 13.4. The van der Waals surface area contributed by atoms with Crippen LogP contribution in [0, 0.1) is 17.1 Å². The Hall–Kier alpha value is -3.07. The van der Waals surface area contributed by atoms with E-state index in [4.69, 9.17) is 14.4 Å². The normalized spacial score (nSPS) is 12.3. The predicted molar refractivity (Wildman–Crippen MR) is 81.8 cm³/mol. The first kappa shape index (κ1) is 16.3. The molecule has 118 valence electrons. The van der Waals surface area contributed by atoms with E-state index in [0.717, 1.165) is 0 Å². The van der Waals surface area contributed by atoms with Gasteiger partial charge in [-0.05, 0) is 37.3 Å². The van der Waals surface area contributed by atoms with Crippen LogP contribution >= 0.6 is 0 Å². The van der Waals surface area contributed by atoms with Crippen LogP contribution in [0.5, 0.6) is 5.75 Å². The number of nitriles is 1. The van der Waals surface area contributed by atoms with Gasteiger partial charge in [0.25, 0.3) is 5.91 Å². The lowest BCUT2D eigenvalue weighted by Crippen LogP contribution is -2.28. The number of carbonyl (C=O) groups excluding carboxylic acids is 1. The minimum atomic E-state index is -0.581. The van der Waals surface area contributed by atoms with E-state index >= 15 is 0 Å². The summed E-state index contributed by atoms with van der Waals surface area (Å²) >= 11 is 0. The first-order valence-corrected chi connectivity index (χ1v) is 6.84. The average molecular weight is 314 g/mol. The highest BCUT2D eigenvalue weighted by molar-refractivity contribution is 6.01. The van der Waals surface area contributed by atoms with Gasteiger partial charge in [-0.1, -0.05) is 0 Å². The zero-order valence-electron chi connectivity index (χ0n) is 12.7. The van der Waals surface area contributed by atoms with Crippen LogP contribution in [0.3, 0.4) is 0 Å². The minimum absolute atomic E-state index is 0.109. The summed E-state index contributed by atoms with van der Waals surface area (Å²) in [7, 11) is 1.46. The highest BCUT2D eigenvalue weighted by atomic mass is 19.1. The second-order valence-corrected chi connectivity index (χ2v) is 4.77. The van der Waals surface area contributed by atoms with Gasteiger partial charge in [-0.15, -0.1) is 0 Å². The molecule has 1 heterocycles. The largest absolute Gasteiger partial charge is 0.496 e. The summed E-state index contributed by atoms with van der Waals surface area (Å²) in [6.45, 7) is 1.68. The van der Waals surface area contributed by atoms with Crippen molar-refractivity contribution in [2.24, 2.45) is 0 Å². The lowest BCUT2D eigenvalue weighted by Gasteiger charge is -2.17. The van der Waals surface area contributed by atoms with Crippen molar-refractivity contribution in [3.05, 3.63) is 59.3 Å². The number of nitrogens with one attached hydrogen (secondary N) is 1. The van der Waals surface area contributed by atoms with E-state index in [0.29, 0.717) is 17.1 Å². The Bertz CT molecular complexity index is 761. The van der Waals surface area contributed by atoms with E-state index in [1.165, 1.54) is 37.6 Å². The Kier molecular flexibility index (Phi) is 5.15. The highest BCUT2D eigenvalue weighted by Crippen LogP contribution is 2.26. The first-order valence-electron chi connectivity index (χ1n) is 6.84. The number of halogens is 1. The van der Waals surface area contributed by atoms with Crippen molar-refractivity contribution in [3.63, 3.8) is 0 Å². The summed E-state index contributed by atoms with van der Waals surface area (Å²) < 4.78 is 23.7. The Morgan fingerprint density at radius 1 is 1.48 bits per heavy atom. The Morgan fingerprint density at radius 3 is 2.87 bits per heavy atom. The molecule has 0 spiro atoms. The van der Waals surface area contributed by atoms with Crippen molar-refractivity contribution in [2.45, 2.75) is 13.0 Å². The SMILES string of the molecule is COc1ccc(F)cc1C(C)NC(=O)/C(C#N)=C/c1ccco1. The molecule has 1 aromatic carbocycles. The molecule has 0 radical (unpaired) electrons. The van der Waals surface area contributed by atoms with E-state index in [1.807, 2.05) is 6.07 Å². The molecule has 1 N–H and O–H groups in total. The molecule has 1 unspecified atom stereocenters. The maximum atomic E-state index is 13.4. The van der Waals surface area contributed by atoms with E-state index in [1.54, 1.807) is 19.1 Å². The average Bonchev–Trinajstić information content (AvgIpc) is 3.05. The van der Waals surface area contributed by atoms with Gasteiger partial charge in [0, 0.05) is 11.6 Å². The summed E-state index contributed by atoms with van der Waals surface area (Å²) in [5, 5.41) is 11.8. The molecule has 1 aromatic heterocycles. The zero-order chi connectivity index (χ0) is 16.8. The van der Waals surface area contributed by atoms with Gasteiger partial charge in [0.1, 0.15) is 29.0 Å². The molecule has 0 fully saturated rings. The van der Waals surface area contributed by atoms with Crippen LogP contribution < -0.4 is 10.1 Å². The number of amides is 1. The predicted octanol–water partition coefficient (Wildman–Crippen LogP) is 3.21. The monoisotopic (exact) mass is 314 g/mol. The number of ether oxygens (including phenoxy) is 1. The summed E-state index contributed by atoms with van der Waals surface area (Å²) in [4.78, 5) is 12.2. The molecule has 0 aliphatic rings. The van der Waals surface area contributed by atoms with Crippen LogP contribution in [0.15, 0.2) is 46.6 Å². The van der Waals surface area contributed by atoms with Crippen molar-refractivity contribution >= 4 is 12.0 Å². The number of carbonyl (C=O) groups is 1. The van der Waals surface area contributed by atoms with Crippen LogP contribution in [-0.2, 0) is 4.79 Å². The number of rotatable bonds is 5. The Morgan fingerprint density at radius 2 is 2.26 bits per heavy atom. The molecule has 6 heteroatoms. The maximum Gasteiger partial charge on any atom is 0.262 e. The number of benzene rings is 1. The summed E-state index contributed by atoms with van der Waals surface area (Å²) in [5.41, 5.74) is 0.373. The first-order chi connectivity index (χ1) is 11.0. The fourth-order valence-corrected chi connectivity index (χ4v) is 2.06. The third-order valence-corrected chi connectivity index (χ3v) is 3.20. The topological polar surface area (TPSA) is 75.3 Å². The van der Waals surface area contributed by atoms with Gasteiger partial charge in [-0.2, -0.15) is 5.26 Å². The van der Waals surface area contributed by atoms with Crippen LogP contribution in [-0.4, -0.2) is 13.0 Å². The third-order valence-electron chi connectivity index (χ3n) is 3.20. The second-order valence-electron chi connectivity index (χ2n) is 4.77. The molecule has 0 saturated heterocycles. The number of hydrogen-bond donors (Lipinski definition) is 1. The summed E-state index contributed by atoms with van der Waals surface area (Å²) in [5.74, 6) is -0.170. The van der Waals surface area contributed by atoms with Gasteiger partial charge in [0.15, 0.2) is 0 Å². The number of nitrogens with zero attached hydrogens (tertiary/aromatic N) is 1. The molecule has 0 bridgehead atoms. The van der Waals surface area contributed by atoms with Crippen molar-refractivity contribution in [2.75, 3.05) is 7.11 Å². The van der Waals surface area contributed by atoms with Gasteiger partial charge >= 0.3 is 0 Å². The standard InChI is InChI=1S/C17H15FN2O3/c1-11(15-9-13(18)5-6-16(15)22-2)20-17(21)12(10-19)8-14-4-3-7-23-14/h3-9,11H,1-2H3,(H,20,21)/b12-8+. The van der Waals surface area contributed by atoms with Crippen molar-refractivity contribution in [3.8, 4) is 11.8 Å². The lowest BCUT2D eigenvalue weighted by atomic mass is 10.1. The molecule has 5 nitrogen and oxygen atoms in total. The van der Waals surface area contributed by atoms with Gasteiger partial charge in [-0.25, -0.2) is 4.39 Å². The fraction of sp³-hybridized carbons (Fsp3) is 0.176. The van der Waals surface area contributed by atoms with Crippen LogP contribution in [0.4, 0.5) is 4.39 Å². The highest BCUT2D eigenvalue weighted by Gasteiger charge is 2.17. The molecule has 1 amide bonds. The number of furan rings is 1. The van der Waals surface area contributed by atoms with Gasteiger partial charge in [-0.3, -0.25) is 4.79 Å². The third kappa shape index (κ3) is 3.98. The smallest absolute Gasteiger partial charge is 0.262 e. The molecule has 23 heavy (non-hydrogen) atoms. The van der Waals surface area contributed by atoms with E-state index in [-0.39, 0.29) is 5.57 Å². The second kappa shape index (κ2) is 7.27. The summed E-state index contributed by atoms with van der Waals surface area (Å²) in [6.07, 6.45) is 2.78. The van der Waals surface area contributed by atoms with E-state index in [9.17, 15) is 9.18 Å². The van der Waals surface area contributed by atoms with Gasteiger partial charge in [0.2, 0.25) is 0 Å². The van der Waals surface area contributed by atoms with Gasteiger partial charge in [0.05, 0.1) is 19.4 Å². The number of hydrogen-bond acceptors (Lipinski definition) is 4. The molecular weight excluding hydrogens is 299 g/mol. The summed E-state index contributed by atoms with van der Waals surface area (Å²) in [6, 6.07) is 8.60. The van der Waals surface area contributed by atoms with E-state index < -0.39 is 17.8 Å². The van der Waals surface area contributed by atoms with Crippen LogP contribution in [0.25, 0.3) is 6.08 Å². The molecule has 2 aromatic rings. The van der Waals surface area contributed by atoms with Gasteiger partial charge < -0.3 is 14.5 Å². The van der Waals surface area contributed by atoms with Crippen molar-refractivity contribution in [1.29, 1.82) is 5.26 Å². The minimum Gasteiger partial charge on any atom is -0.496 e. The van der Waals surface area contributed by atoms with Crippen molar-refractivity contribution in [1.82, 2.24) is 5.32 Å². The molecule has 2 rings (SSSR count). The molecular formula is C17H15FN2O3. The molecule has 0 aliphatic heterocycles. The van der Waals surface area contributed by atoms with Crippen LogP contribution in [0.2, 0.25) is 0 Å². The van der Waals surface area contributed by atoms with Crippen molar-refractivity contribution < 1.29 is 18.3 Å². The molecule has 1 atom stereocenters.